The molecule has 17 heavy (non-hydrogen) atoms. The highest BCUT2D eigenvalue weighted by Crippen LogP contribution is 2.21. The first-order valence-electron chi connectivity index (χ1n) is 5.74. The van der Waals surface area contributed by atoms with Gasteiger partial charge in [0.05, 0.1) is 17.7 Å². The minimum absolute atomic E-state index is 0.102. The van der Waals surface area contributed by atoms with Crippen molar-refractivity contribution in [3.8, 4) is 6.07 Å². The predicted octanol–water partition coefficient (Wildman–Crippen LogP) is 0.572. The summed E-state index contributed by atoms with van der Waals surface area (Å²) in [5.41, 5.74) is 0. The summed E-state index contributed by atoms with van der Waals surface area (Å²) in [5.74, 6) is -0.549. The number of rotatable bonds is 3. The third-order valence-electron chi connectivity index (χ3n) is 3.00. The molecule has 2 unspecified atom stereocenters. The van der Waals surface area contributed by atoms with Crippen molar-refractivity contribution in [2.75, 3.05) is 19.3 Å². The second-order valence-electron chi connectivity index (χ2n) is 4.60. The fourth-order valence-corrected chi connectivity index (χ4v) is 3.92. The molecular formula is C11H18N2O3S. The Morgan fingerprint density at radius 1 is 1.53 bits per heavy atom. The molecule has 0 aliphatic carbocycles. The van der Waals surface area contributed by atoms with E-state index < -0.39 is 15.1 Å². The number of nitriles is 1. The van der Waals surface area contributed by atoms with E-state index in [9.17, 15) is 13.2 Å². The minimum Gasteiger partial charge on any atom is -0.343 e. The van der Waals surface area contributed by atoms with Gasteiger partial charge in [-0.2, -0.15) is 5.26 Å². The van der Waals surface area contributed by atoms with Gasteiger partial charge in [0.15, 0.2) is 9.84 Å². The van der Waals surface area contributed by atoms with Gasteiger partial charge in [-0.1, -0.05) is 6.42 Å². The van der Waals surface area contributed by atoms with Gasteiger partial charge in [0.2, 0.25) is 5.91 Å². The molecule has 1 amide bonds. The molecule has 0 aromatic rings. The highest BCUT2D eigenvalue weighted by Gasteiger charge is 2.36. The van der Waals surface area contributed by atoms with Gasteiger partial charge < -0.3 is 4.90 Å². The van der Waals surface area contributed by atoms with E-state index in [1.54, 1.807) is 14.0 Å². The Labute approximate surface area is 102 Å². The van der Waals surface area contributed by atoms with Gasteiger partial charge in [-0.05, 0) is 19.8 Å². The molecule has 1 aliphatic heterocycles. The molecule has 1 heterocycles. The van der Waals surface area contributed by atoms with Crippen LogP contribution in [0.5, 0.6) is 0 Å². The first-order valence-corrected chi connectivity index (χ1v) is 7.46. The number of carbonyl (C=O) groups excluding carboxylic acids is 1. The highest BCUT2D eigenvalue weighted by molar-refractivity contribution is 7.92. The second kappa shape index (κ2) is 5.50. The maximum absolute atomic E-state index is 12.0. The predicted molar refractivity (Wildman–Crippen MR) is 63.8 cm³/mol. The third kappa shape index (κ3) is 3.43. The van der Waals surface area contributed by atoms with E-state index >= 15 is 0 Å². The van der Waals surface area contributed by atoms with Crippen LogP contribution >= 0.6 is 0 Å². The molecule has 1 saturated heterocycles. The molecule has 1 rings (SSSR count). The summed E-state index contributed by atoms with van der Waals surface area (Å²) in [7, 11) is -1.73. The van der Waals surface area contributed by atoms with Crippen LogP contribution in [-0.4, -0.2) is 43.8 Å². The van der Waals surface area contributed by atoms with Gasteiger partial charge in [-0.25, -0.2) is 8.42 Å². The zero-order valence-corrected chi connectivity index (χ0v) is 11.0. The maximum atomic E-state index is 12.0. The summed E-state index contributed by atoms with van der Waals surface area (Å²) in [5, 5.41) is 7.78. The first-order chi connectivity index (χ1) is 7.88. The molecule has 6 heteroatoms. The van der Waals surface area contributed by atoms with E-state index in [1.165, 1.54) is 4.90 Å². The average Bonchev–Trinajstić information content (AvgIpc) is 2.27. The van der Waals surface area contributed by atoms with Crippen molar-refractivity contribution in [1.82, 2.24) is 4.90 Å². The molecule has 0 aromatic carbocycles. The number of sulfone groups is 1. The topological polar surface area (TPSA) is 78.2 Å². The Kier molecular flexibility index (Phi) is 4.52. The van der Waals surface area contributed by atoms with Crippen LogP contribution in [0, 0.1) is 17.2 Å². The SMILES string of the molecule is CC(C#N)CN(C)C(=O)C1CCCCS1(=O)=O. The lowest BCUT2D eigenvalue weighted by Gasteiger charge is -2.26. The lowest BCUT2D eigenvalue weighted by atomic mass is 10.1. The van der Waals surface area contributed by atoms with Crippen molar-refractivity contribution >= 4 is 15.7 Å². The molecule has 0 N–H and O–H groups in total. The zero-order valence-electron chi connectivity index (χ0n) is 10.2. The average molecular weight is 258 g/mol. The van der Waals surface area contributed by atoms with Crippen LogP contribution < -0.4 is 0 Å². The van der Waals surface area contributed by atoms with E-state index in [0.29, 0.717) is 12.8 Å². The molecule has 0 radical (unpaired) electrons. The molecule has 0 aromatic heterocycles. The standard InChI is InChI=1S/C11H18N2O3S/c1-9(7-12)8-13(2)11(14)10-5-3-4-6-17(10,15)16/h9-10H,3-6,8H2,1-2H3. The highest BCUT2D eigenvalue weighted by atomic mass is 32.2. The smallest absolute Gasteiger partial charge is 0.240 e. The Hall–Kier alpha value is -1.09. The second-order valence-corrected chi connectivity index (χ2v) is 6.90. The monoisotopic (exact) mass is 258 g/mol. The van der Waals surface area contributed by atoms with E-state index in [-0.39, 0.29) is 24.1 Å². The molecule has 1 fully saturated rings. The Morgan fingerprint density at radius 2 is 2.18 bits per heavy atom. The van der Waals surface area contributed by atoms with Crippen molar-refractivity contribution in [3.05, 3.63) is 0 Å². The number of amides is 1. The maximum Gasteiger partial charge on any atom is 0.240 e. The third-order valence-corrected chi connectivity index (χ3v) is 5.16. The van der Waals surface area contributed by atoms with Gasteiger partial charge in [-0.15, -0.1) is 0 Å². The molecule has 5 nitrogen and oxygen atoms in total. The lowest BCUT2D eigenvalue weighted by Crippen LogP contribution is -2.44. The molecule has 1 aliphatic rings. The summed E-state index contributed by atoms with van der Waals surface area (Å²) in [6.07, 6.45) is 1.83. The van der Waals surface area contributed by atoms with Crippen molar-refractivity contribution in [3.63, 3.8) is 0 Å². The summed E-state index contributed by atoms with van der Waals surface area (Å²) >= 11 is 0. The number of hydrogen-bond acceptors (Lipinski definition) is 4. The number of hydrogen-bond donors (Lipinski definition) is 0. The summed E-state index contributed by atoms with van der Waals surface area (Å²) in [4.78, 5) is 13.4. The van der Waals surface area contributed by atoms with Crippen LogP contribution in [0.1, 0.15) is 26.2 Å². The quantitative estimate of drug-likeness (QED) is 0.741. The fraction of sp³-hybridized carbons (Fsp3) is 0.818. The fourth-order valence-electron chi connectivity index (χ4n) is 2.02. The van der Waals surface area contributed by atoms with Gasteiger partial charge in [0.25, 0.3) is 0 Å². The summed E-state index contributed by atoms with van der Waals surface area (Å²) in [6, 6.07) is 2.03. The molecule has 96 valence electrons. The van der Waals surface area contributed by atoms with E-state index in [2.05, 4.69) is 0 Å². The zero-order chi connectivity index (χ0) is 13.1. The van der Waals surface area contributed by atoms with Crippen molar-refractivity contribution in [1.29, 1.82) is 5.26 Å². The van der Waals surface area contributed by atoms with Gasteiger partial charge in [0.1, 0.15) is 5.25 Å². The Balaban J connectivity index is 2.72. The van der Waals surface area contributed by atoms with Crippen molar-refractivity contribution < 1.29 is 13.2 Å². The molecule has 0 saturated carbocycles. The van der Waals surface area contributed by atoms with E-state index in [4.69, 9.17) is 5.26 Å². The number of nitrogens with zero attached hydrogens (tertiary/aromatic N) is 2. The molecule has 0 bridgehead atoms. The van der Waals surface area contributed by atoms with Crippen LogP contribution in [-0.2, 0) is 14.6 Å². The summed E-state index contributed by atoms with van der Waals surface area (Å²) in [6.45, 7) is 1.99. The first kappa shape index (κ1) is 14.0. The van der Waals surface area contributed by atoms with E-state index in [1.807, 2.05) is 6.07 Å². The van der Waals surface area contributed by atoms with Crippen molar-refractivity contribution in [2.24, 2.45) is 5.92 Å². The summed E-state index contributed by atoms with van der Waals surface area (Å²) < 4.78 is 23.5. The van der Waals surface area contributed by atoms with Gasteiger partial charge >= 0.3 is 0 Å². The minimum atomic E-state index is -3.28. The molecule has 0 spiro atoms. The Bertz CT molecular complexity index is 424. The lowest BCUT2D eigenvalue weighted by molar-refractivity contribution is -0.129. The normalized spacial score (nSPS) is 24.6. The van der Waals surface area contributed by atoms with Crippen LogP contribution in [0.4, 0.5) is 0 Å². The van der Waals surface area contributed by atoms with Crippen LogP contribution in [0.15, 0.2) is 0 Å². The van der Waals surface area contributed by atoms with Gasteiger partial charge in [0, 0.05) is 13.6 Å². The van der Waals surface area contributed by atoms with Gasteiger partial charge in [-0.3, -0.25) is 4.79 Å². The molecular weight excluding hydrogens is 240 g/mol. The van der Waals surface area contributed by atoms with Crippen LogP contribution in [0.25, 0.3) is 0 Å². The van der Waals surface area contributed by atoms with Crippen molar-refractivity contribution in [2.45, 2.75) is 31.4 Å². The molecule has 2 atom stereocenters. The van der Waals surface area contributed by atoms with Crippen LogP contribution in [0.2, 0.25) is 0 Å². The Morgan fingerprint density at radius 3 is 2.71 bits per heavy atom. The largest absolute Gasteiger partial charge is 0.343 e. The number of carbonyl (C=O) groups is 1. The van der Waals surface area contributed by atoms with Crippen LogP contribution in [0.3, 0.4) is 0 Å². The van der Waals surface area contributed by atoms with E-state index in [0.717, 1.165) is 6.42 Å².